The van der Waals surface area contributed by atoms with Crippen LogP contribution in [0, 0.1) is 12.8 Å². The summed E-state index contributed by atoms with van der Waals surface area (Å²) in [5.41, 5.74) is 7.75. The van der Waals surface area contributed by atoms with Gasteiger partial charge < -0.3 is 10.6 Å². The Morgan fingerprint density at radius 1 is 1.56 bits per heavy atom. The second-order valence-electron chi connectivity index (χ2n) is 5.12. The fourth-order valence-corrected chi connectivity index (χ4v) is 2.61. The molecule has 2 unspecified atom stereocenters. The number of likely N-dealkylation sites (tertiary alicyclic amines) is 1. The molecule has 3 nitrogen and oxygen atoms in total. The molecule has 0 aromatic heterocycles. The molecule has 1 aromatic carbocycles. The summed E-state index contributed by atoms with van der Waals surface area (Å²) in [4.78, 5) is 14.3. The molecule has 0 spiro atoms. The van der Waals surface area contributed by atoms with Crippen molar-refractivity contribution < 1.29 is 4.79 Å². The maximum atomic E-state index is 12.3. The van der Waals surface area contributed by atoms with Crippen LogP contribution in [0.4, 0.5) is 0 Å². The van der Waals surface area contributed by atoms with Gasteiger partial charge in [-0.3, -0.25) is 4.79 Å². The van der Waals surface area contributed by atoms with E-state index in [2.05, 4.69) is 15.9 Å². The van der Waals surface area contributed by atoms with Crippen LogP contribution in [-0.2, 0) is 0 Å². The SMILES string of the molecule is Cc1cc(C(=O)N2CCC(C(C)N)C2)ccc1Br. The van der Waals surface area contributed by atoms with Gasteiger partial charge >= 0.3 is 0 Å². The molecule has 1 amide bonds. The molecule has 1 saturated heterocycles. The van der Waals surface area contributed by atoms with Gasteiger partial charge in [0.25, 0.3) is 5.91 Å². The average molecular weight is 311 g/mol. The number of carbonyl (C=O) groups is 1. The predicted molar refractivity (Wildman–Crippen MR) is 76.5 cm³/mol. The smallest absolute Gasteiger partial charge is 0.253 e. The van der Waals surface area contributed by atoms with Gasteiger partial charge in [0.15, 0.2) is 0 Å². The Labute approximate surface area is 116 Å². The summed E-state index contributed by atoms with van der Waals surface area (Å²) in [7, 11) is 0. The molecule has 0 bridgehead atoms. The summed E-state index contributed by atoms with van der Waals surface area (Å²) in [6.45, 7) is 5.61. The minimum absolute atomic E-state index is 0.119. The highest BCUT2D eigenvalue weighted by molar-refractivity contribution is 9.10. The fourth-order valence-electron chi connectivity index (χ4n) is 2.36. The molecule has 1 aliphatic rings. The van der Waals surface area contributed by atoms with E-state index in [1.165, 1.54) is 0 Å². The Balaban J connectivity index is 2.10. The van der Waals surface area contributed by atoms with Crippen molar-refractivity contribution >= 4 is 21.8 Å². The number of rotatable bonds is 2. The second kappa shape index (κ2) is 5.41. The van der Waals surface area contributed by atoms with E-state index in [0.29, 0.717) is 5.92 Å². The van der Waals surface area contributed by atoms with Crippen LogP contribution in [0.2, 0.25) is 0 Å². The standard InChI is InChI=1S/C14H19BrN2O/c1-9-7-11(3-4-13(9)15)14(18)17-6-5-12(8-17)10(2)16/h3-4,7,10,12H,5-6,8,16H2,1-2H3. The van der Waals surface area contributed by atoms with Crippen molar-refractivity contribution in [1.29, 1.82) is 0 Å². The van der Waals surface area contributed by atoms with Gasteiger partial charge in [-0.05, 0) is 49.9 Å². The van der Waals surface area contributed by atoms with Crippen molar-refractivity contribution in [2.45, 2.75) is 26.3 Å². The van der Waals surface area contributed by atoms with Crippen LogP contribution in [0.3, 0.4) is 0 Å². The number of hydrogen-bond donors (Lipinski definition) is 1. The maximum Gasteiger partial charge on any atom is 0.253 e. The number of hydrogen-bond acceptors (Lipinski definition) is 2. The summed E-state index contributed by atoms with van der Waals surface area (Å²) in [6, 6.07) is 5.90. The van der Waals surface area contributed by atoms with Gasteiger partial charge in [-0.25, -0.2) is 0 Å². The van der Waals surface area contributed by atoms with Crippen LogP contribution in [0.25, 0.3) is 0 Å². The minimum Gasteiger partial charge on any atom is -0.338 e. The quantitative estimate of drug-likeness (QED) is 0.912. The van der Waals surface area contributed by atoms with Gasteiger partial charge in [-0.2, -0.15) is 0 Å². The Bertz CT molecular complexity index is 459. The monoisotopic (exact) mass is 310 g/mol. The Morgan fingerprint density at radius 2 is 2.28 bits per heavy atom. The zero-order valence-electron chi connectivity index (χ0n) is 10.8. The molecule has 98 valence electrons. The molecule has 1 fully saturated rings. The molecular weight excluding hydrogens is 292 g/mol. The molecule has 18 heavy (non-hydrogen) atoms. The highest BCUT2D eigenvalue weighted by Gasteiger charge is 2.28. The van der Waals surface area contributed by atoms with Gasteiger partial charge in [-0.1, -0.05) is 15.9 Å². The van der Waals surface area contributed by atoms with Gasteiger partial charge in [0.1, 0.15) is 0 Å². The largest absolute Gasteiger partial charge is 0.338 e. The highest BCUT2D eigenvalue weighted by atomic mass is 79.9. The normalized spacial score (nSPS) is 21.1. The fraction of sp³-hybridized carbons (Fsp3) is 0.500. The van der Waals surface area contributed by atoms with Crippen LogP contribution in [-0.4, -0.2) is 29.9 Å². The first kappa shape index (κ1) is 13.6. The average Bonchev–Trinajstić information content (AvgIpc) is 2.81. The molecule has 1 aliphatic heterocycles. The van der Waals surface area contributed by atoms with Gasteiger partial charge in [-0.15, -0.1) is 0 Å². The van der Waals surface area contributed by atoms with Gasteiger partial charge in [0.2, 0.25) is 0 Å². The van der Waals surface area contributed by atoms with E-state index in [4.69, 9.17) is 5.73 Å². The first-order valence-corrected chi connectivity index (χ1v) is 7.09. The molecule has 0 saturated carbocycles. The van der Waals surface area contributed by atoms with Crippen molar-refractivity contribution in [3.05, 3.63) is 33.8 Å². The van der Waals surface area contributed by atoms with Crippen molar-refractivity contribution in [3.8, 4) is 0 Å². The third-order valence-electron chi connectivity index (χ3n) is 3.66. The second-order valence-corrected chi connectivity index (χ2v) is 5.98. The molecule has 4 heteroatoms. The molecular formula is C14H19BrN2O. The maximum absolute atomic E-state index is 12.3. The lowest BCUT2D eigenvalue weighted by atomic mass is 10.0. The molecule has 2 rings (SSSR count). The lowest BCUT2D eigenvalue weighted by Crippen LogP contribution is -2.33. The van der Waals surface area contributed by atoms with E-state index in [-0.39, 0.29) is 11.9 Å². The topological polar surface area (TPSA) is 46.3 Å². The van der Waals surface area contributed by atoms with E-state index in [0.717, 1.165) is 35.1 Å². The summed E-state index contributed by atoms with van der Waals surface area (Å²) < 4.78 is 1.04. The first-order chi connectivity index (χ1) is 8.49. The van der Waals surface area contributed by atoms with Crippen LogP contribution in [0.5, 0.6) is 0 Å². The van der Waals surface area contributed by atoms with Gasteiger partial charge in [0, 0.05) is 29.2 Å². The number of nitrogens with zero attached hydrogens (tertiary/aromatic N) is 1. The summed E-state index contributed by atoms with van der Waals surface area (Å²) in [6.07, 6.45) is 1.01. The number of carbonyl (C=O) groups excluding carboxylic acids is 1. The molecule has 0 aliphatic carbocycles. The summed E-state index contributed by atoms with van der Waals surface area (Å²) in [5.74, 6) is 0.555. The van der Waals surface area contributed by atoms with Crippen molar-refractivity contribution in [3.63, 3.8) is 0 Å². The summed E-state index contributed by atoms with van der Waals surface area (Å²) >= 11 is 3.45. The third-order valence-corrected chi connectivity index (χ3v) is 4.55. The van der Waals surface area contributed by atoms with Crippen LogP contribution in [0.1, 0.15) is 29.3 Å². The van der Waals surface area contributed by atoms with Crippen molar-refractivity contribution in [1.82, 2.24) is 4.90 Å². The molecule has 2 N–H and O–H groups in total. The number of amides is 1. The number of aryl methyl sites for hydroxylation is 1. The highest BCUT2D eigenvalue weighted by Crippen LogP contribution is 2.23. The first-order valence-electron chi connectivity index (χ1n) is 6.30. The summed E-state index contributed by atoms with van der Waals surface area (Å²) in [5, 5.41) is 0. The van der Waals surface area contributed by atoms with E-state index in [1.54, 1.807) is 0 Å². The lowest BCUT2D eigenvalue weighted by Gasteiger charge is -2.18. The van der Waals surface area contributed by atoms with E-state index in [9.17, 15) is 4.79 Å². The zero-order valence-corrected chi connectivity index (χ0v) is 12.4. The number of halogens is 1. The predicted octanol–water partition coefficient (Wildman–Crippen LogP) is 2.57. The third kappa shape index (κ3) is 2.75. The minimum atomic E-state index is 0.119. The van der Waals surface area contributed by atoms with E-state index >= 15 is 0 Å². The van der Waals surface area contributed by atoms with Crippen LogP contribution >= 0.6 is 15.9 Å². The lowest BCUT2D eigenvalue weighted by molar-refractivity contribution is 0.0786. The van der Waals surface area contributed by atoms with E-state index in [1.807, 2.05) is 36.9 Å². The molecule has 2 atom stereocenters. The molecule has 0 radical (unpaired) electrons. The molecule has 1 aromatic rings. The van der Waals surface area contributed by atoms with Gasteiger partial charge in [0.05, 0.1) is 0 Å². The van der Waals surface area contributed by atoms with Crippen LogP contribution in [0.15, 0.2) is 22.7 Å². The van der Waals surface area contributed by atoms with Crippen LogP contribution < -0.4 is 5.73 Å². The van der Waals surface area contributed by atoms with Crippen molar-refractivity contribution in [2.75, 3.05) is 13.1 Å². The number of nitrogens with two attached hydrogens (primary N) is 1. The van der Waals surface area contributed by atoms with E-state index < -0.39 is 0 Å². The zero-order chi connectivity index (χ0) is 13.3. The Kier molecular flexibility index (Phi) is 4.07. The Morgan fingerprint density at radius 3 is 2.83 bits per heavy atom. The molecule has 1 heterocycles. The van der Waals surface area contributed by atoms with Crippen molar-refractivity contribution in [2.24, 2.45) is 11.7 Å². The number of benzene rings is 1. The Hall–Kier alpha value is -0.870.